The molecule has 2 N–H and O–H groups in total. The Balaban J connectivity index is 2.20. The van der Waals surface area contributed by atoms with Crippen LogP contribution in [0.3, 0.4) is 0 Å². The van der Waals surface area contributed by atoms with Gasteiger partial charge in [-0.25, -0.2) is 0 Å². The molecule has 102 valence electrons. The van der Waals surface area contributed by atoms with E-state index in [-0.39, 0.29) is 6.04 Å². The zero-order chi connectivity index (χ0) is 14.0. The molecule has 0 saturated heterocycles. The Morgan fingerprint density at radius 2 is 1.74 bits per heavy atom. The van der Waals surface area contributed by atoms with Crippen LogP contribution in [0.25, 0.3) is 11.3 Å². The SMILES string of the molecule is CC(N)Cc1ccc(-c2ccc(C(F)(F)F)cc2)o1. The smallest absolute Gasteiger partial charge is 0.416 e. The standard InChI is InChI=1S/C14H14F3NO/c1-9(18)8-12-6-7-13(19-12)10-2-4-11(5-3-10)14(15,16)17/h2-7,9H,8,18H2,1H3. The average molecular weight is 269 g/mol. The van der Waals surface area contributed by atoms with E-state index in [0.717, 1.165) is 17.9 Å². The van der Waals surface area contributed by atoms with E-state index >= 15 is 0 Å². The Kier molecular flexibility index (Phi) is 3.66. The molecule has 1 aromatic heterocycles. The summed E-state index contributed by atoms with van der Waals surface area (Å²) >= 11 is 0. The van der Waals surface area contributed by atoms with Crippen LogP contribution in [0.1, 0.15) is 18.2 Å². The van der Waals surface area contributed by atoms with Gasteiger partial charge in [-0.15, -0.1) is 0 Å². The molecule has 2 aromatic rings. The molecule has 2 rings (SSSR count). The number of rotatable bonds is 3. The van der Waals surface area contributed by atoms with Crippen LogP contribution in [0.4, 0.5) is 13.2 Å². The zero-order valence-corrected chi connectivity index (χ0v) is 10.4. The van der Waals surface area contributed by atoms with Crippen LogP contribution in [0.15, 0.2) is 40.8 Å². The van der Waals surface area contributed by atoms with Crippen molar-refractivity contribution in [1.29, 1.82) is 0 Å². The fourth-order valence-corrected chi connectivity index (χ4v) is 1.78. The molecular formula is C14H14F3NO. The van der Waals surface area contributed by atoms with Crippen molar-refractivity contribution in [3.63, 3.8) is 0 Å². The van der Waals surface area contributed by atoms with E-state index in [9.17, 15) is 13.2 Å². The van der Waals surface area contributed by atoms with Gasteiger partial charge in [0, 0.05) is 18.0 Å². The molecule has 1 aromatic carbocycles. The van der Waals surface area contributed by atoms with Crippen molar-refractivity contribution in [2.45, 2.75) is 25.6 Å². The van der Waals surface area contributed by atoms with Crippen LogP contribution in [0.2, 0.25) is 0 Å². The van der Waals surface area contributed by atoms with Gasteiger partial charge in [0.1, 0.15) is 11.5 Å². The number of halogens is 3. The summed E-state index contributed by atoms with van der Waals surface area (Å²) in [6, 6.07) is 8.39. The van der Waals surface area contributed by atoms with Crippen molar-refractivity contribution < 1.29 is 17.6 Å². The van der Waals surface area contributed by atoms with Crippen LogP contribution < -0.4 is 5.73 Å². The first-order chi connectivity index (χ1) is 8.86. The molecule has 0 bridgehead atoms. The highest BCUT2D eigenvalue weighted by atomic mass is 19.4. The number of hydrogen-bond acceptors (Lipinski definition) is 2. The maximum atomic E-state index is 12.4. The summed E-state index contributed by atoms with van der Waals surface area (Å²) in [7, 11) is 0. The van der Waals surface area contributed by atoms with E-state index in [1.807, 2.05) is 6.92 Å². The lowest BCUT2D eigenvalue weighted by atomic mass is 10.1. The van der Waals surface area contributed by atoms with Gasteiger partial charge in [-0.3, -0.25) is 0 Å². The topological polar surface area (TPSA) is 39.2 Å². The van der Waals surface area contributed by atoms with Gasteiger partial charge in [0.2, 0.25) is 0 Å². The van der Waals surface area contributed by atoms with Crippen LogP contribution in [0.5, 0.6) is 0 Å². The highest BCUT2D eigenvalue weighted by Crippen LogP contribution is 2.31. The van der Waals surface area contributed by atoms with E-state index in [2.05, 4.69) is 0 Å². The molecule has 0 fully saturated rings. The molecule has 0 radical (unpaired) electrons. The molecule has 0 aliphatic rings. The summed E-state index contributed by atoms with van der Waals surface area (Å²) in [5.74, 6) is 1.27. The second-order valence-electron chi connectivity index (χ2n) is 4.52. The third-order valence-corrected chi connectivity index (χ3v) is 2.68. The number of benzene rings is 1. The summed E-state index contributed by atoms with van der Waals surface area (Å²) in [6.45, 7) is 1.86. The molecule has 0 aliphatic carbocycles. The number of nitrogens with two attached hydrogens (primary N) is 1. The minimum atomic E-state index is -4.32. The van der Waals surface area contributed by atoms with Gasteiger partial charge in [0.15, 0.2) is 0 Å². The van der Waals surface area contributed by atoms with Gasteiger partial charge in [-0.1, -0.05) is 12.1 Å². The van der Waals surface area contributed by atoms with Crippen LogP contribution in [-0.2, 0) is 12.6 Å². The minimum Gasteiger partial charge on any atom is -0.461 e. The van der Waals surface area contributed by atoms with Gasteiger partial charge < -0.3 is 10.2 Å². The normalized spacial score (nSPS) is 13.5. The fourth-order valence-electron chi connectivity index (χ4n) is 1.78. The summed E-state index contributed by atoms with van der Waals surface area (Å²) in [6.07, 6.45) is -3.72. The van der Waals surface area contributed by atoms with Crippen molar-refractivity contribution in [2.75, 3.05) is 0 Å². The molecule has 5 heteroatoms. The molecule has 1 unspecified atom stereocenters. The quantitative estimate of drug-likeness (QED) is 0.919. The summed E-state index contributed by atoms with van der Waals surface area (Å²) in [4.78, 5) is 0. The molecule has 0 saturated carbocycles. The van der Waals surface area contributed by atoms with Crippen LogP contribution >= 0.6 is 0 Å². The third-order valence-electron chi connectivity index (χ3n) is 2.68. The molecule has 2 nitrogen and oxygen atoms in total. The lowest BCUT2D eigenvalue weighted by Crippen LogP contribution is -2.17. The zero-order valence-electron chi connectivity index (χ0n) is 10.4. The lowest BCUT2D eigenvalue weighted by Gasteiger charge is -2.06. The Labute approximate surface area is 109 Å². The highest BCUT2D eigenvalue weighted by molar-refractivity contribution is 5.58. The van der Waals surface area contributed by atoms with Crippen LogP contribution in [-0.4, -0.2) is 6.04 Å². The first-order valence-electron chi connectivity index (χ1n) is 5.88. The minimum absolute atomic E-state index is 0.0217. The molecule has 0 aliphatic heterocycles. The predicted molar refractivity (Wildman–Crippen MR) is 66.5 cm³/mol. The Morgan fingerprint density at radius 1 is 1.11 bits per heavy atom. The Morgan fingerprint density at radius 3 is 2.26 bits per heavy atom. The molecule has 0 amide bonds. The number of furan rings is 1. The van der Waals surface area contributed by atoms with Gasteiger partial charge >= 0.3 is 6.18 Å². The van der Waals surface area contributed by atoms with Crippen molar-refractivity contribution in [3.8, 4) is 11.3 Å². The Bertz CT molecular complexity index is 541. The number of hydrogen-bond donors (Lipinski definition) is 1. The molecular weight excluding hydrogens is 255 g/mol. The van der Waals surface area contributed by atoms with Crippen molar-refractivity contribution in [2.24, 2.45) is 5.73 Å². The summed E-state index contributed by atoms with van der Waals surface area (Å²) in [5.41, 5.74) is 5.60. The fraction of sp³-hybridized carbons (Fsp3) is 0.286. The predicted octanol–water partition coefficient (Wildman–Crippen LogP) is 3.86. The van der Waals surface area contributed by atoms with Gasteiger partial charge in [0.05, 0.1) is 5.56 Å². The van der Waals surface area contributed by atoms with Gasteiger partial charge in [-0.2, -0.15) is 13.2 Å². The van der Waals surface area contributed by atoms with Gasteiger partial charge in [-0.05, 0) is 31.2 Å². The van der Waals surface area contributed by atoms with Crippen molar-refractivity contribution in [3.05, 3.63) is 47.7 Å². The second-order valence-corrected chi connectivity index (χ2v) is 4.52. The van der Waals surface area contributed by atoms with Crippen molar-refractivity contribution in [1.82, 2.24) is 0 Å². The monoisotopic (exact) mass is 269 g/mol. The van der Waals surface area contributed by atoms with Crippen LogP contribution in [0, 0.1) is 0 Å². The number of alkyl halides is 3. The second kappa shape index (κ2) is 5.09. The van der Waals surface area contributed by atoms with E-state index in [0.29, 0.717) is 17.7 Å². The average Bonchev–Trinajstić information content (AvgIpc) is 2.75. The maximum Gasteiger partial charge on any atom is 0.416 e. The first kappa shape index (κ1) is 13.7. The van der Waals surface area contributed by atoms with Gasteiger partial charge in [0.25, 0.3) is 0 Å². The van der Waals surface area contributed by atoms with E-state index in [1.165, 1.54) is 12.1 Å². The molecule has 19 heavy (non-hydrogen) atoms. The third kappa shape index (κ3) is 3.38. The lowest BCUT2D eigenvalue weighted by molar-refractivity contribution is -0.137. The highest BCUT2D eigenvalue weighted by Gasteiger charge is 2.30. The maximum absolute atomic E-state index is 12.4. The molecule has 0 spiro atoms. The largest absolute Gasteiger partial charge is 0.461 e. The summed E-state index contributed by atoms with van der Waals surface area (Å²) in [5, 5.41) is 0. The van der Waals surface area contributed by atoms with Crippen molar-refractivity contribution >= 4 is 0 Å². The van der Waals surface area contributed by atoms with E-state index in [1.54, 1.807) is 12.1 Å². The molecule has 1 atom stereocenters. The Hall–Kier alpha value is -1.75. The van der Waals surface area contributed by atoms with E-state index in [4.69, 9.17) is 10.2 Å². The first-order valence-corrected chi connectivity index (χ1v) is 5.88. The molecule has 1 heterocycles. The van der Waals surface area contributed by atoms with E-state index < -0.39 is 11.7 Å². The summed E-state index contributed by atoms with van der Waals surface area (Å²) < 4.78 is 42.8.